The number of aliphatic hydroxyl groups is 1. The van der Waals surface area contributed by atoms with Crippen molar-refractivity contribution in [3.8, 4) is 0 Å². The summed E-state index contributed by atoms with van der Waals surface area (Å²) in [5.41, 5.74) is 0. The second-order valence-electron chi connectivity index (χ2n) is 3.46. The Morgan fingerprint density at radius 1 is 1.35 bits per heavy atom. The second-order valence-corrected chi connectivity index (χ2v) is 6.01. The fourth-order valence-electron chi connectivity index (χ4n) is 1.25. The molecule has 7 heteroatoms. The highest BCUT2D eigenvalue weighted by atomic mass is 32.1. The van der Waals surface area contributed by atoms with Crippen LogP contribution in [0.1, 0.15) is 27.2 Å². The lowest BCUT2D eigenvalue weighted by Gasteiger charge is -2.20. The van der Waals surface area contributed by atoms with Gasteiger partial charge in [0.15, 0.2) is 0 Å². The number of aliphatic hydroxyl groups excluding tert-OH is 1. The number of rotatable bonds is 9. The van der Waals surface area contributed by atoms with Crippen LogP contribution in [-0.4, -0.2) is 42.1 Å². The van der Waals surface area contributed by atoms with Crippen molar-refractivity contribution in [1.82, 2.24) is 5.32 Å². The zero-order valence-corrected chi connectivity index (χ0v) is 12.4. The van der Waals surface area contributed by atoms with Gasteiger partial charge < -0.3 is 19.5 Å². The Morgan fingerprint density at radius 3 is 2.24 bits per heavy atom. The molecular formula is C10H22NO4PS. The van der Waals surface area contributed by atoms with Crippen molar-refractivity contribution in [1.29, 1.82) is 0 Å². The number of hydrogen-bond donors (Lipinski definition) is 2. The summed E-state index contributed by atoms with van der Waals surface area (Å²) in [6.07, 6.45) is 0.796. The van der Waals surface area contributed by atoms with Gasteiger partial charge in [0, 0.05) is 6.04 Å². The van der Waals surface area contributed by atoms with Gasteiger partial charge >= 0.3 is 7.60 Å². The zero-order chi connectivity index (χ0) is 13.3. The SMILES string of the molecule is CCOP(=O)(CC(=S)N[C@H](CC)CO)OCC. The lowest BCUT2D eigenvalue weighted by molar-refractivity contribution is 0.222. The molecule has 0 radical (unpaired) electrons. The van der Waals surface area contributed by atoms with Gasteiger partial charge in [-0.05, 0) is 20.3 Å². The third-order valence-corrected chi connectivity index (χ3v) is 4.55. The topological polar surface area (TPSA) is 67.8 Å². The van der Waals surface area contributed by atoms with E-state index in [1.165, 1.54) is 0 Å². The molecule has 0 aromatic carbocycles. The summed E-state index contributed by atoms with van der Waals surface area (Å²) in [6, 6.07) is -0.112. The maximum absolute atomic E-state index is 12.1. The van der Waals surface area contributed by atoms with Crippen LogP contribution < -0.4 is 5.32 Å². The summed E-state index contributed by atoms with van der Waals surface area (Å²) in [5.74, 6) is 0. The van der Waals surface area contributed by atoms with Crippen molar-refractivity contribution in [3.63, 3.8) is 0 Å². The molecule has 0 aromatic rings. The van der Waals surface area contributed by atoms with Crippen molar-refractivity contribution in [3.05, 3.63) is 0 Å². The lowest BCUT2D eigenvalue weighted by Crippen LogP contribution is -2.37. The molecule has 0 heterocycles. The fraction of sp³-hybridized carbons (Fsp3) is 0.900. The van der Waals surface area contributed by atoms with E-state index in [-0.39, 0.29) is 18.8 Å². The van der Waals surface area contributed by atoms with E-state index in [1.807, 2.05) is 6.92 Å². The molecule has 17 heavy (non-hydrogen) atoms. The maximum atomic E-state index is 12.1. The van der Waals surface area contributed by atoms with Gasteiger partial charge in [-0.3, -0.25) is 4.57 Å². The quantitative estimate of drug-likeness (QED) is 0.498. The molecule has 0 spiro atoms. The molecule has 5 nitrogen and oxygen atoms in total. The van der Waals surface area contributed by atoms with Crippen LogP contribution in [0.4, 0.5) is 0 Å². The van der Waals surface area contributed by atoms with Crippen LogP contribution in [0.25, 0.3) is 0 Å². The Labute approximate surface area is 108 Å². The minimum atomic E-state index is -3.14. The Bertz CT molecular complexity index is 261. The summed E-state index contributed by atoms with van der Waals surface area (Å²) in [5, 5.41) is 12.0. The smallest absolute Gasteiger partial charge is 0.337 e. The van der Waals surface area contributed by atoms with Gasteiger partial charge in [0.05, 0.1) is 24.8 Å². The summed E-state index contributed by atoms with van der Waals surface area (Å²) in [7, 11) is -3.14. The molecule has 102 valence electrons. The van der Waals surface area contributed by atoms with Gasteiger partial charge in [0.25, 0.3) is 0 Å². The predicted molar refractivity (Wildman–Crippen MR) is 72.6 cm³/mol. The Hall–Kier alpha value is 0.0000000000000000139. The van der Waals surface area contributed by atoms with E-state index < -0.39 is 7.60 Å². The van der Waals surface area contributed by atoms with Crippen molar-refractivity contribution in [2.24, 2.45) is 0 Å². The molecule has 0 aliphatic rings. The van der Waals surface area contributed by atoms with Gasteiger partial charge in [0.1, 0.15) is 6.16 Å². The van der Waals surface area contributed by atoms with Gasteiger partial charge in [0.2, 0.25) is 0 Å². The number of thiocarbonyl (C=S) groups is 1. The standard InChI is InChI=1S/C10H22NO4PS/c1-4-9(7-12)11-10(17)8-16(13,14-5-2)15-6-3/h9,12H,4-8H2,1-3H3,(H,11,17)/t9-/m1/s1. The Kier molecular flexibility index (Phi) is 9.00. The molecule has 2 N–H and O–H groups in total. The largest absolute Gasteiger partial charge is 0.394 e. The normalized spacial score (nSPS) is 13.4. The average Bonchev–Trinajstić information content (AvgIpc) is 2.26. The van der Waals surface area contributed by atoms with E-state index in [9.17, 15) is 4.57 Å². The molecule has 0 fully saturated rings. The molecule has 0 unspecified atom stereocenters. The molecule has 0 bridgehead atoms. The first kappa shape index (κ1) is 17.0. The number of hydrogen-bond acceptors (Lipinski definition) is 5. The summed E-state index contributed by atoms with van der Waals surface area (Å²) >= 11 is 5.08. The first-order chi connectivity index (χ1) is 8.01. The summed E-state index contributed by atoms with van der Waals surface area (Å²) in [6.45, 7) is 6.06. The van der Waals surface area contributed by atoms with E-state index in [1.54, 1.807) is 13.8 Å². The molecule has 0 saturated carbocycles. The zero-order valence-electron chi connectivity index (χ0n) is 10.6. The van der Waals surface area contributed by atoms with Crippen LogP contribution in [0.5, 0.6) is 0 Å². The van der Waals surface area contributed by atoms with Crippen LogP contribution in [-0.2, 0) is 13.6 Å². The molecule has 0 amide bonds. The van der Waals surface area contributed by atoms with Crippen molar-refractivity contribution in [2.45, 2.75) is 33.2 Å². The summed E-state index contributed by atoms with van der Waals surface area (Å²) < 4.78 is 22.4. The van der Waals surface area contributed by atoms with E-state index in [4.69, 9.17) is 26.4 Å². The van der Waals surface area contributed by atoms with E-state index >= 15 is 0 Å². The van der Waals surface area contributed by atoms with Gasteiger partial charge in [-0.2, -0.15) is 0 Å². The van der Waals surface area contributed by atoms with E-state index in [0.717, 1.165) is 6.42 Å². The third-order valence-electron chi connectivity index (χ3n) is 2.07. The molecule has 0 rings (SSSR count). The van der Waals surface area contributed by atoms with Crippen molar-refractivity contribution < 1.29 is 18.7 Å². The maximum Gasteiger partial charge on any atom is 0.337 e. The van der Waals surface area contributed by atoms with Gasteiger partial charge in [-0.1, -0.05) is 19.1 Å². The molecule has 0 aromatic heterocycles. The monoisotopic (exact) mass is 283 g/mol. The van der Waals surface area contributed by atoms with Gasteiger partial charge in [-0.25, -0.2) is 0 Å². The van der Waals surface area contributed by atoms with Crippen LogP contribution in [0.2, 0.25) is 0 Å². The summed E-state index contributed by atoms with van der Waals surface area (Å²) in [4.78, 5) is 0.399. The molecule has 1 atom stereocenters. The van der Waals surface area contributed by atoms with Crippen molar-refractivity contribution >= 4 is 24.8 Å². The Morgan fingerprint density at radius 2 is 1.88 bits per heavy atom. The number of nitrogens with one attached hydrogen (secondary N) is 1. The molecule has 0 saturated heterocycles. The highest BCUT2D eigenvalue weighted by molar-refractivity contribution is 7.81. The minimum absolute atomic E-state index is 0.00971. The first-order valence-electron chi connectivity index (χ1n) is 5.79. The highest BCUT2D eigenvalue weighted by Gasteiger charge is 2.26. The van der Waals surface area contributed by atoms with Crippen LogP contribution in [0.15, 0.2) is 0 Å². The Balaban J connectivity index is 4.35. The first-order valence-corrected chi connectivity index (χ1v) is 7.93. The highest BCUT2D eigenvalue weighted by Crippen LogP contribution is 2.47. The van der Waals surface area contributed by atoms with Crippen molar-refractivity contribution in [2.75, 3.05) is 26.0 Å². The minimum Gasteiger partial charge on any atom is -0.394 e. The average molecular weight is 283 g/mol. The predicted octanol–water partition coefficient (Wildman–Crippen LogP) is 1.94. The van der Waals surface area contributed by atoms with Gasteiger partial charge in [-0.15, -0.1) is 0 Å². The van der Waals surface area contributed by atoms with Crippen LogP contribution in [0.3, 0.4) is 0 Å². The molecule has 0 aliphatic carbocycles. The molecular weight excluding hydrogens is 261 g/mol. The third kappa shape index (κ3) is 7.11. The van der Waals surface area contributed by atoms with E-state index in [0.29, 0.717) is 18.2 Å². The van der Waals surface area contributed by atoms with Crippen LogP contribution in [0, 0.1) is 0 Å². The van der Waals surface area contributed by atoms with E-state index in [2.05, 4.69) is 5.32 Å². The lowest BCUT2D eigenvalue weighted by atomic mass is 10.2. The second kappa shape index (κ2) is 9.00. The van der Waals surface area contributed by atoms with Crippen LogP contribution >= 0.6 is 19.8 Å². The molecule has 0 aliphatic heterocycles. The fourth-order valence-corrected chi connectivity index (χ4v) is 3.38.